The molecule has 1 fully saturated rings. The Morgan fingerprint density at radius 2 is 1.97 bits per heavy atom. The average molecular weight is 466 g/mol. The normalized spacial score (nSPS) is 15.8. The highest BCUT2D eigenvalue weighted by Crippen LogP contribution is 2.27. The summed E-state index contributed by atoms with van der Waals surface area (Å²) in [7, 11) is 0. The number of thiazole rings is 1. The van der Waals surface area contributed by atoms with E-state index in [1.807, 2.05) is 0 Å². The maximum Gasteiger partial charge on any atom is 0.407 e. The van der Waals surface area contributed by atoms with Crippen LogP contribution in [0.2, 0.25) is 0 Å². The number of rotatable bonds is 4. The molecule has 0 saturated carbocycles. The first-order valence-electron chi connectivity index (χ1n) is 9.96. The maximum absolute atomic E-state index is 13.5. The number of benzene rings is 1. The molecule has 12 nitrogen and oxygen atoms in total. The molecule has 4 heterocycles. The topological polar surface area (TPSA) is 161 Å². The number of likely N-dealkylation sites (tertiary alicyclic amines) is 1. The number of nitrogens with one attached hydrogen (secondary N) is 1. The average Bonchev–Trinajstić information content (AvgIpc) is 3.53. The zero-order chi connectivity index (χ0) is 23.1. The molecule has 4 aromatic rings. The fraction of sp³-hybridized carbons (Fsp3) is 0.200. The summed E-state index contributed by atoms with van der Waals surface area (Å²) < 4.78 is 2.86. The van der Waals surface area contributed by atoms with Crippen molar-refractivity contribution >= 4 is 45.5 Å². The van der Waals surface area contributed by atoms with Gasteiger partial charge in [0, 0.05) is 30.2 Å². The second-order valence-electron chi connectivity index (χ2n) is 7.43. The van der Waals surface area contributed by atoms with E-state index in [1.165, 1.54) is 31.7 Å². The van der Waals surface area contributed by atoms with Crippen LogP contribution in [-0.2, 0) is 0 Å². The van der Waals surface area contributed by atoms with Gasteiger partial charge < -0.3 is 15.7 Å². The van der Waals surface area contributed by atoms with E-state index in [1.54, 1.807) is 35.8 Å². The van der Waals surface area contributed by atoms with Crippen LogP contribution in [0.1, 0.15) is 22.8 Å². The van der Waals surface area contributed by atoms with Gasteiger partial charge >= 0.3 is 11.8 Å². The van der Waals surface area contributed by atoms with Gasteiger partial charge in [0.1, 0.15) is 11.8 Å². The first-order valence-corrected chi connectivity index (χ1v) is 10.8. The fourth-order valence-corrected chi connectivity index (χ4v) is 4.50. The van der Waals surface area contributed by atoms with Crippen LogP contribution >= 0.6 is 11.3 Å². The largest absolute Gasteiger partial charge is 0.465 e. The molecule has 0 radical (unpaired) electrons. The van der Waals surface area contributed by atoms with Gasteiger partial charge in [-0.3, -0.25) is 19.2 Å². The lowest BCUT2D eigenvalue weighted by molar-refractivity contribution is 0.102. The summed E-state index contributed by atoms with van der Waals surface area (Å²) in [5.74, 6) is -0.205. The lowest BCUT2D eigenvalue weighted by Crippen LogP contribution is -2.31. The Hall–Kier alpha value is -4.26. The number of nitrogen functional groups attached to an aromatic ring is 1. The summed E-state index contributed by atoms with van der Waals surface area (Å²) >= 11 is 1.31. The minimum Gasteiger partial charge on any atom is -0.465 e. The van der Waals surface area contributed by atoms with E-state index in [0.717, 1.165) is 0 Å². The van der Waals surface area contributed by atoms with Crippen molar-refractivity contribution in [3.05, 3.63) is 58.2 Å². The highest BCUT2D eigenvalue weighted by molar-refractivity contribution is 7.13. The molecule has 1 aliphatic heterocycles. The molecular weight excluding hydrogens is 448 g/mol. The molecule has 168 valence electrons. The van der Waals surface area contributed by atoms with Crippen molar-refractivity contribution in [1.29, 1.82) is 0 Å². The lowest BCUT2D eigenvalue weighted by Gasteiger charge is -2.13. The molecule has 1 aliphatic rings. The van der Waals surface area contributed by atoms with Gasteiger partial charge in [0.2, 0.25) is 0 Å². The Labute approximate surface area is 189 Å². The molecule has 2 amide bonds. The van der Waals surface area contributed by atoms with Crippen molar-refractivity contribution < 1.29 is 14.7 Å². The minimum absolute atomic E-state index is 0.120. The Morgan fingerprint density at radius 1 is 1.18 bits per heavy atom. The van der Waals surface area contributed by atoms with E-state index in [9.17, 15) is 19.5 Å². The predicted molar refractivity (Wildman–Crippen MR) is 121 cm³/mol. The standard InChI is InChI=1S/C20H18N8O4S/c21-15-14-16(24-10-23-15)28(13-5-7-26(9-13)20(31)32)19(30)27(14)12-3-1-11(2-4-12)17(29)25-18-22-6-8-33-18/h1-4,6,8,10,13H,5,7,9H2,(H,31,32)(H2,21,23,24)(H,22,25,29). The number of hydrogen-bond donors (Lipinski definition) is 3. The number of amides is 2. The minimum atomic E-state index is -1.03. The van der Waals surface area contributed by atoms with Crippen LogP contribution in [-0.4, -0.2) is 59.2 Å². The number of carboxylic acid groups (broad SMARTS) is 1. The molecule has 1 atom stereocenters. The number of fused-ring (bicyclic) bond motifs is 1. The molecule has 1 aromatic carbocycles. The SMILES string of the molecule is Nc1ncnc2c1n(-c1ccc(C(=O)Nc3nccs3)cc1)c(=O)n2C1CCN(C(=O)O)C1. The monoisotopic (exact) mass is 466 g/mol. The Morgan fingerprint density at radius 3 is 2.64 bits per heavy atom. The molecule has 0 spiro atoms. The molecule has 1 unspecified atom stereocenters. The third-order valence-electron chi connectivity index (χ3n) is 5.52. The molecule has 3 aromatic heterocycles. The molecule has 33 heavy (non-hydrogen) atoms. The smallest absolute Gasteiger partial charge is 0.407 e. The highest BCUT2D eigenvalue weighted by Gasteiger charge is 2.31. The Bertz CT molecular complexity index is 1410. The second-order valence-corrected chi connectivity index (χ2v) is 8.32. The molecule has 13 heteroatoms. The van der Waals surface area contributed by atoms with Gasteiger partial charge in [0.05, 0.1) is 11.7 Å². The predicted octanol–water partition coefficient (Wildman–Crippen LogP) is 1.80. The quantitative estimate of drug-likeness (QED) is 0.410. The van der Waals surface area contributed by atoms with Crippen LogP contribution in [0.3, 0.4) is 0 Å². The van der Waals surface area contributed by atoms with E-state index in [2.05, 4.69) is 20.3 Å². The number of hydrogen-bond acceptors (Lipinski definition) is 8. The number of imidazole rings is 1. The van der Waals surface area contributed by atoms with Gasteiger partial charge in [-0.25, -0.2) is 24.5 Å². The Kier molecular flexibility index (Phi) is 5.01. The van der Waals surface area contributed by atoms with Crippen LogP contribution in [0.25, 0.3) is 16.9 Å². The maximum atomic E-state index is 13.5. The van der Waals surface area contributed by atoms with Crippen LogP contribution < -0.4 is 16.7 Å². The second kappa shape index (κ2) is 8.02. The number of nitrogens with zero attached hydrogens (tertiary/aromatic N) is 6. The fourth-order valence-electron chi connectivity index (χ4n) is 3.98. The van der Waals surface area contributed by atoms with E-state index in [0.29, 0.717) is 40.5 Å². The summed E-state index contributed by atoms with van der Waals surface area (Å²) in [6, 6.07) is 6.07. The van der Waals surface area contributed by atoms with Crippen LogP contribution in [0.15, 0.2) is 47.0 Å². The van der Waals surface area contributed by atoms with Gasteiger partial charge in [-0.2, -0.15) is 0 Å². The van der Waals surface area contributed by atoms with Crippen molar-refractivity contribution in [2.24, 2.45) is 0 Å². The molecule has 1 saturated heterocycles. The van der Waals surface area contributed by atoms with E-state index < -0.39 is 11.8 Å². The van der Waals surface area contributed by atoms with Gasteiger partial charge in [-0.15, -0.1) is 11.3 Å². The third-order valence-corrected chi connectivity index (χ3v) is 6.21. The number of carbonyl (C=O) groups is 2. The van der Waals surface area contributed by atoms with Gasteiger partial charge in [0.25, 0.3) is 5.91 Å². The highest BCUT2D eigenvalue weighted by atomic mass is 32.1. The summed E-state index contributed by atoms with van der Waals surface area (Å²) in [4.78, 5) is 50.9. The number of carbonyl (C=O) groups excluding carboxylic acids is 1. The summed E-state index contributed by atoms with van der Waals surface area (Å²) in [6.45, 7) is 0.497. The third kappa shape index (κ3) is 3.57. The van der Waals surface area contributed by atoms with Crippen LogP contribution in [0.5, 0.6) is 0 Å². The van der Waals surface area contributed by atoms with Crippen molar-refractivity contribution in [1.82, 2.24) is 29.0 Å². The summed E-state index contributed by atoms with van der Waals surface area (Å²) in [6.07, 6.45) is 2.31. The summed E-state index contributed by atoms with van der Waals surface area (Å²) in [5, 5.41) is 14.2. The zero-order valence-corrected chi connectivity index (χ0v) is 17.9. The van der Waals surface area contributed by atoms with E-state index >= 15 is 0 Å². The molecule has 5 rings (SSSR count). The van der Waals surface area contributed by atoms with E-state index in [4.69, 9.17) is 5.73 Å². The van der Waals surface area contributed by atoms with Crippen LogP contribution in [0, 0.1) is 0 Å². The van der Waals surface area contributed by atoms with Gasteiger partial charge in [-0.1, -0.05) is 0 Å². The number of nitrogens with two attached hydrogens (primary N) is 1. The van der Waals surface area contributed by atoms with Crippen LogP contribution in [0.4, 0.5) is 15.7 Å². The van der Waals surface area contributed by atoms with Gasteiger partial charge in [-0.05, 0) is 30.7 Å². The molecule has 0 aliphatic carbocycles. The lowest BCUT2D eigenvalue weighted by atomic mass is 10.2. The van der Waals surface area contributed by atoms with E-state index in [-0.39, 0.29) is 24.3 Å². The molecular formula is C20H18N8O4S. The van der Waals surface area contributed by atoms with Crippen molar-refractivity contribution in [3.8, 4) is 5.69 Å². The van der Waals surface area contributed by atoms with Gasteiger partial charge in [0.15, 0.2) is 16.6 Å². The van der Waals surface area contributed by atoms with Crippen molar-refractivity contribution in [2.45, 2.75) is 12.5 Å². The van der Waals surface area contributed by atoms with Crippen molar-refractivity contribution in [2.75, 3.05) is 24.1 Å². The summed E-state index contributed by atoms with van der Waals surface area (Å²) in [5.41, 5.74) is 7.22. The zero-order valence-electron chi connectivity index (χ0n) is 17.1. The number of anilines is 2. The number of aromatic nitrogens is 5. The van der Waals surface area contributed by atoms with Crippen molar-refractivity contribution in [3.63, 3.8) is 0 Å². The first kappa shape index (κ1) is 20.6. The molecule has 4 N–H and O–H groups in total. The molecule has 0 bridgehead atoms. The first-order chi connectivity index (χ1) is 15.9. The Balaban J connectivity index is 1.55.